The Bertz CT molecular complexity index is 578. The van der Waals surface area contributed by atoms with Gasteiger partial charge in [0.15, 0.2) is 0 Å². The number of likely N-dealkylation sites (N-methyl/N-ethyl adjacent to an activating group) is 1. The van der Waals surface area contributed by atoms with E-state index >= 15 is 0 Å². The minimum Gasteiger partial charge on any atom is -0.354 e. The third-order valence-electron chi connectivity index (χ3n) is 5.24. The van der Waals surface area contributed by atoms with Crippen LogP contribution in [0.2, 0.25) is 0 Å². The number of nitrogens with zero attached hydrogens (tertiary/aromatic N) is 4. The highest BCUT2D eigenvalue weighted by Gasteiger charge is 2.30. The molecule has 2 fully saturated rings. The molecule has 26 heavy (non-hydrogen) atoms. The van der Waals surface area contributed by atoms with Crippen LogP contribution in [-0.2, 0) is 0 Å². The Hall–Kier alpha value is -1.08. The normalized spacial score (nSPS) is 22.2. The fourth-order valence-corrected chi connectivity index (χ4v) is 3.68. The summed E-state index contributed by atoms with van der Waals surface area (Å²) in [6.07, 6.45) is 4.97. The van der Waals surface area contributed by atoms with Gasteiger partial charge in [-0.15, -0.1) is 24.8 Å². The van der Waals surface area contributed by atoms with Gasteiger partial charge in [0.25, 0.3) is 5.91 Å². The Morgan fingerprint density at radius 3 is 2.54 bits per heavy atom. The highest BCUT2D eigenvalue weighted by atomic mass is 35.5. The van der Waals surface area contributed by atoms with Crippen LogP contribution >= 0.6 is 24.8 Å². The second kappa shape index (κ2) is 10.3. The molecule has 1 aromatic heterocycles. The predicted molar refractivity (Wildman–Crippen MR) is 111 cm³/mol. The van der Waals surface area contributed by atoms with E-state index in [1.165, 1.54) is 0 Å². The van der Waals surface area contributed by atoms with E-state index in [9.17, 15) is 4.79 Å². The van der Waals surface area contributed by atoms with Gasteiger partial charge in [-0.2, -0.15) is 0 Å². The highest BCUT2D eigenvalue weighted by Crippen LogP contribution is 2.23. The number of piperidine rings is 1. The number of hydrogen-bond donors (Lipinski definition) is 1. The number of carbonyl (C=O) groups is 1. The molecule has 2 aliphatic heterocycles. The Labute approximate surface area is 168 Å². The minimum absolute atomic E-state index is 0. The molecule has 1 aromatic rings. The Morgan fingerprint density at radius 1 is 1.19 bits per heavy atom. The van der Waals surface area contributed by atoms with Crippen molar-refractivity contribution in [2.45, 2.75) is 38.3 Å². The number of amides is 1. The summed E-state index contributed by atoms with van der Waals surface area (Å²) in [7, 11) is 2.13. The van der Waals surface area contributed by atoms with Gasteiger partial charge in [-0.3, -0.25) is 4.79 Å². The summed E-state index contributed by atoms with van der Waals surface area (Å²) < 4.78 is 0. The van der Waals surface area contributed by atoms with E-state index in [0.717, 1.165) is 63.4 Å². The lowest BCUT2D eigenvalue weighted by Crippen LogP contribution is -2.51. The van der Waals surface area contributed by atoms with Crippen molar-refractivity contribution < 1.29 is 4.79 Å². The average Bonchev–Trinajstić information content (AvgIpc) is 2.62. The first kappa shape index (κ1) is 23.0. The summed E-state index contributed by atoms with van der Waals surface area (Å²) in [5, 5.41) is 0. The number of likely N-dealkylation sites (tertiary alicyclic amines) is 1. The van der Waals surface area contributed by atoms with Gasteiger partial charge in [0.05, 0.1) is 0 Å². The molecule has 0 bridgehead atoms. The van der Waals surface area contributed by atoms with E-state index in [4.69, 9.17) is 5.73 Å². The molecule has 8 heteroatoms. The third-order valence-corrected chi connectivity index (χ3v) is 5.24. The van der Waals surface area contributed by atoms with E-state index in [-0.39, 0.29) is 42.8 Å². The monoisotopic (exact) mass is 403 g/mol. The van der Waals surface area contributed by atoms with Crippen LogP contribution in [0.25, 0.3) is 0 Å². The van der Waals surface area contributed by atoms with Gasteiger partial charge >= 0.3 is 0 Å². The number of piperazine rings is 1. The topological polar surface area (TPSA) is 65.7 Å². The average molecular weight is 404 g/mol. The smallest absolute Gasteiger partial charge is 0.254 e. The van der Waals surface area contributed by atoms with Crippen molar-refractivity contribution in [3.63, 3.8) is 0 Å². The molecular weight excluding hydrogens is 373 g/mol. The summed E-state index contributed by atoms with van der Waals surface area (Å²) >= 11 is 0. The zero-order valence-electron chi connectivity index (χ0n) is 15.6. The SMILES string of the molecule is CC(N)C1CCCCN1C(=O)c1ccnc(N2CCN(C)CC2)c1.Cl.Cl. The number of rotatable bonds is 3. The number of anilines is 1. The van der Waals surface area contributed by atoms with Crippen LogP contribution in [-0.4, -0.2) is 72.5 Å². The fourth-order valence-electron chi connectivity index (χ4n) is 3.68. The maximum Gasteiger partial charge on any atom is 0.254 e. The quantitative estimate of drug-likeness (QED) is 0.835. The maximum absolute atomic E-state index is 13.0. The van der Waals surface area contributed by atoms with Gasteiger partial charge in [-0.05, 0) is 45.4 Å². The van der Waals surface area contributed by atoms with Crippen molar-refractivity contribution >= 4 is 36.5 Å². The van der Waals surface area contributed by atoms with Gasteiger partial charge < -0.3 is 20.4 Å². The van der Waals surface area contributed by atoms with Crippen LogP contribution < -0.4 is 10.6 Å². The summed E-state index contributed by atoms with van der Waals surface area (Å²) in [6, 6.07) is 3.93. The van der Waals surface area contributed by atoms with E-state index in [2.05, 4.69) is 21.8 Å². The number of hydrogen-bond acceptors (Lipinski definition) is 5. The van der Waals surface area contributed by atoms with Crippen molar-refractivity contribution in [2.75, 3.05) is 44.7 Å². The van der Waals surface area contributed by atoms with E-state index < -0.39 is 0 Å². The number of pyridine rings is 1. The molecule has 3 heterocycles. The molecule has 2 N–H and O–H groups in total. The summed E-state index contributed by atoms with van der Waals surface area (Å²) in [5.41, 5.74) is 6.84. The molecule has 2 aliphatic rings. The van der Waals surface area contributed by atoms with Crippen molar-refractivity contribution in [3.05, 3.63) is 23.9 Å². The van der Waals surface area contributed by atoms with Crippen molar-refractivity contribution in [3.8, 4) is 0 Å². The zero-order valence-corrected chi connectivity index (χ0v) is 17.3. The summed E-state index contributed by atoms with van der Waals surface area (Å²) in [5.74, 6) is 0.998. The molecule has 0 aromatic carbocycles. The molecule has 6 nitrogen and oxygen atoms in total. The minimum atomic E-state index is 0. The molecule has 0 saturated carbocycles. The van der Waals surface area contributed by atoms with Crippen molar-refractivity contribution in [1.82, 2.24) is 14.8 Å². The van der Waals surface area contributed by atoms with Crippen LogP contribution in [0.3, 0.4) is 0 Å². The fraction of sp³-hybridized carbons (Fsp3) is 0.667. The molecule has 3 rings (SSSR count). The zero-order chi connectivity index (χ0) is 17.1. The second-order valence-electron chi connectivity index (χ2n) is 7.11. The maximum atomic E-state index is 13.0. The molecule has 2 unspecified atom stereocenters. The summed E-state index contributed by atoms with van der Waals surface area (Å²) in [4.78, 5) is 24.0. The van der Waals surface area contributed by atoms with Gasteiger partial charge in [-0.25, -0.2) is 4.98 Å². The number of halogens is 2. The van der Waals surface area contributed by atoms with Gasteiger partial charge in [-0.1, -0.05) is 0 Å². The molecule has 148 valence electrons. The van der Waals surface area contributed by atoms with Gasteiger partial charge in [0.2, 0.25) is 0 Å². The third kappa shape index (κ3) is 5.22. The molecule has 2 saturated heterocycles. The predicted octanol–water partition coefficient (Wildman–Crippen LogP) is 2.02. The number of aromatic nitrogens is 1. The van der Waals surface area contributed by atoms with Gasteiger partial charge in [0.1, 0.15) is 5.82 Å². The number of nitrogens with two attached hydrogens (primary N) is 1. The highest BCUT2D eigenvalue weighted by molar-refractivity contribution is 5.95. The van der Waals surface area contributed by atoms with Crippen LogP contribution in [0.5, 0.6) is 0 Å². The Kier molecular flexibility index (Phi) is 9.10. The molecule has 1 amide bonds. The van der Waals surface area contributed by atoms with Crippen LogP contribution in [0.15, 0.2) is 18.3 Å². The largest absolute Gasteiger partial charge is 0.354 e. The lowest BCUT2D eigenvalue weighted by molar-refractivity contribution is 0.0583. The first-order valence-electron chi connectivity index (χ1n) is 9.02. The lowest BCUT2D eigenvalue weighted by Gasteiger charge is -2.38. The second-order valence-corrected chi connectivity index (χ2v) is 7.11. The molecular formula is C18H31Cl2N5O. The lowest BCUT2D eigenvalue weighted by atomic mass is 9.96. The van der Waals surface area contributed by atoms with Crippen molar-refractivity contribution in [2.24, 2.45) is 5.73 Å². The van der Waals surface area contributed by atoms with Crippen LogP contribution in [0, 0.1) is 0 Å². The van der Waals surface area contributed by atoms with Gasteiger partial charge in [0, 0.05) is 56.6 Å². The van der Waals surface area contributed by atoms with E-state index in [0.29, 0.717) is 0 Å². The van der Waals surface area contributed by atoms with E-state index in [1.807, 2.05) is 24.0 Å². The number of carbonyl (C=O) groups excluding carboxylic acids is 1. The molecule has 0 spiro atoms. The van der Waals surface area contributed by atoms with E-state index in [1.54, 1.807) is 6.20 Å². The standard InChI is InChI=1S/C18H29N5O.2ClH/c1-14(19)16-5-3-4-8-23(16)18(24)15-6-7-20-17(13-15)22-11-9-21(2)10-12-22;;/h6-7,13-14,16H,3-5,8-12,19H2,1-2H3;2*1H. The first-order valence-corrected chi connectivity index (χ1v) is 9.02. The molecule has 2 atom stereocenters. The first-order chi connectivity index (χ1) is 11.6. The molecule has 0 radical (unpaired) electrons. The van der Waals surface area contributed by atoms with Crippen LogP contribution in [0.4, 0.5) is 5.82 Å². The molecule has 0 aliphatic carbocycles. The Balaban J connectivity index is 0.00000169. The summed E-state index contributed by atoms with van der Waals surface area (Å²) in [6.45, 7) is 6.76. The van der Waals surface area contributed by atoms with Crippen LogP contribution in [0.1, 0.15) is 36.5 Å². The van der Waals surface area contributed by atoms with Crippen molar-refractivity contribution in [1.29, 1.82) is 0 Å². The Morgan fingerprint density at radius 2 is 1.88 bits per heavy atom.